The topological polar surface area (TPSA) is 121 Å². The van der Waals surface area contributed by atoms with E-state index in [-0.39, 0.29) is 17.4 Å². The number of fused-ring (bicyclic) bond motifs is 1. The Morgan fingerprint density at radius 3 is 2.60 bits per heavy atom. The Morgan fingerprint density at radius 2 is 1.91 bits per heavy atom. The molecular formula is C25H27N3O5S2. The molecule has 8 nitrogen and oxygen atoms in total. The number of sulfone groups is 1. The average molecular weight is 514 g/mol. The lowest BCUT2D eigenvalue weighted by atomic mass is 10.1. The molecule has 1 atom stereocenters. The molecule has 0 bridgehead atoms. The van der Waals surface area contributed by atoms with Crippen molar-refractivity contribution in [2.45, 2.75) is 49.1 Å². The Hall–Kier alpha value is -2.98. The molecule has 2 aromatic carbocycles. The minimum atomic E-state index is -3.27. The molecule has 5 rings (SSSR count). The third kappa shape index (κ3) is 5.48. The molecule has 0 saturated heterocycles. The fourth-order valence-corrected chi connectivity index (χ4v) is 6.22. The summed E-state index contributed by atoms with van der Waals surface area (Å²) in [5.41, 5.74) is 2.76. The fraction of sp³-hybridized carbons (Fsp3) is 0.360. The molecule has 35 heavy (non-hydrogen) atoms. The van der Waals surface area contributed by atoms with Gasteiger partial charge in [-0.1, -0.05) is 12.8 Å². The predicted molar refractivity (Wildman–Crippen MR) is 139 cm³/mol. The average Bonchev–Trinajstić information content (AvgIpc) is 3.54. The number of aliphatic imine (C=N–C) groups is 1. The number of hydrogen-bond acceptors (Lipinski definition) is 7. The normalized spacial score (nSPS) is 18.7. The molecule has 1 aromatic heterocycles. The van der Waals surface area contributed by atoms with E-state index < -0.39 is 15.8 Å². The number of nitrogens with zero attached hydrogens (tertiary/aromatic N) is 1. The number of thioether (sulfide) groups is 1. The van der Waals surface area contributed by atoms with Gasteiger partial charge in [-0.25, -0.2) is 8.42 Å². The second-order valence-electron chi connectivity index (χ2n) is 9.09. The Labute approximate surface area is 208 Å². The van der Waals surface area contributed by atoms with Gasteiger partial charge in [-0.2, -0.15) is 0 Å². The minimum Gasteiger partial charge on any atom is -0.481 e. The summed E-state index contributed by atoms with van der Waals surface area (Å²) in [5, 5.41) is 14.5. The number of aliphatic carboxylic acids is 1. The smallest absolute Gasteiger partial charge is 0.305 e. The second-order valence-corrected chi connectivity index (χ2v) is 12.1. The van der Waals surface area contributed by atoms with Crippen LogP contribution in [0, 0.1) is 0 Å². The number of H-pyrrole nitrogens is 1. The van der Waals surface area contributed by atoms with E-state index in [2.05, 4.69) is 15.3 Å². The third-order valence-corrected chi connectivity index (χ3v) is 8.54. The van der Waals surface area contributed by atoms with Crippen LogP contribution in [0.2, 0.25) is 0 Å². The molecule has 3 aromatic rings. The Morgan fingerprint density at radius 1 is 1.17 bits per heavy atom. The number of rotatable bonds is 8. The van der Waals surface area contributed by atoms with Gasteiger partial charge in [0.05, 0.1) is 34.3 Å². The summed E-state index contributed by atoms with van der Waals surface area (Å²) in [7, 11) is -3.27. The summed E-state index contributed by atoms with van der Waals surface area (Å²) < 4.78 is 29.6. The van der Waals surface area contributed by atoms with Gasteiger partial charge in [0.15, 0.2) is 9.84 Å². The third-order valence-electron chi connectivity index (χ3n) is 6.26. The zero-order valence-electron chi connectivity index (χ0n) is 19.3. The van der Waals surface area contributed by atoms with Gasteiger partial charge < -0.3 is 20.1 Å². The highest BCUT2D eigenvalue weighted by Gasteiger charge is 2.24. The van der Waals surface area contributed by atoms with Gasteiger partial charge in [0, 0.05) is 29.5 Å². The predicted octanol–water partition coefficient (Wildman–Crippen LogP) is 5.05. The largest absolute Gasteiger partial charge is 0.481 e. The summed E-state index contributed by atoms with van der Waals surface area (Å²) in [6.45, 7) is 0. The van der Waals surface area contributed by atoms with Crippen molar-refractivity contribution < 1.29 is 23.1 Å². The van der Waals surface area contributed by atoms with Gasteiger partial charge >= 0.3 is 5.97 Å². The van der Waals surface area contributed by atoms with Gasteiger partial charge in [-0.15, -0.1) is 11.8 Å². The van der Waals surface area contributed by atoms with E-state index in [0.29, 0.717) is 23.3 Å². The van der Waals surface area contributed by atoms with Crippen LogP contribution < -0.4 is 10.1 Å². The number of nitrogens with one attached hydrogen (secondary N) is 2. The maximum atomic E-state index is 11.7. The highest BCUT2D eigenvalue weighted by molar-refractivity contribution is 8.14. The fourth-order valence-electron chi connectivity index (χ4n) is 4.55. The van der Waals surface area contributed by atoms with Crippen LogP contribution in [0.5, 0.6) is 11.5 Å². The van der Waals surface area contributed by atoms with Gasteiger partial charge in [-0.05, 0) is 49.2 Å². The van der Waals surface area contributed by atoms with E-state index in [4.69, 9.17) is 9.84 Å². The number of aromatic nitrogens is 1. The molecule has 1 saturated carbocycles. The van der Waals surface area contributed by atoms with Crippen molar-refractivity contribution >= 4 is 49.2 Å². The van der Waals surface area contributed by atoms with Crippen molar-refractivity contribution in [1.82, 2.24) is 4.98 Å². The van der Waals surface area contributed by atoms with Crippen molar-refractivity contribution in [2.75, 3.05) is 17.3 Å². The number of anilines is 1. The maximum Gasteiger partial charge on any atom is 0.305 e. The van der Waals surface area contributed by atoms with E-state index in [1.54, 1.807) is 23.9 Å². The van der Waals surface area contributed by atoms with Crippen molar-refractivity contribution in [1.29, 1.82) is 0 Å². The van der Waals surface area contributed by atoms with Crippen LogP contribution in [0.4, 0.5) is 5.69 Å². The molecule has 184 valence electrons. The lowest BCUT2D eigenvalue weighted by molar-refractivity contribution is -0.137. The SMILES string of the molecule is CS(=O)(=O)c1ccc(Oc2cc(NC3CCCC3)c3[nH]c(C4=N[C@H](CC(=O)O)CS4)cc3c2)cc1. The first-order chi connectivity index (χ1) is 16.7. The number of aromatic amines is 1. The lowest BCUT2D eigenvalue weighted by Crippen LogP contribution is -2.14. The Bertz CT molecular complexity index is 1390. The molecule has 0 amide bonds. The van der Waals surface area contributed by atoms with Crippen LogP contribution in [0.3, 0.4) is 0 Å². The minimum absolute atomic E-state index is 0.0291. The van der Waals surface area contributed by atoms with Gasteiger partial charge in [0.2, 0.25) is 0 Å². The van der Waals surface area contributed by atoms with Gasteiger partial charge in [0.1, 0.15) is 16.5 Å². The molecule has 1 fully saturated rings. The van der Waals surface area contributed by atoms with Gasteiger partial charge in [-0.3, -0.25) is 9.79 Å². The van der Waals surface area contributed by atoms with E-state index in [1.165, 1.54) is 31.2 Å². The monoisotopic (exact) mass is 513 g/mol. The highest BCUT2D eigenvalue weighted by Crippen LogP contribution is 2.36. The van der Waals surface area contributed by atoms with E-state index in [1.807, 2.05) is 18.2 Å². The number of carbonyl (C=O) groups is 1. The number of ether oxygens (including phenoxy) is 1. The van der Waals surface area contributed by atoms with Crippen LogP contribution in [0.15, 0.2) is 52.4 Å². The van der Waals surface area contributed by atoms with E-state index in [9.17, 15) is 13.2 Å². The first-order valence-corrected chi connectivity index (χ1v) is 14.5. The molecule has 2 heterocycles. The first-order valence-electron chi connectivity index (χ1n) is 11.6. The highest BCUT2D eigenvalue weighted by atomic mass is 32.2. The molecule has 2 aliphatic rings. The summed E-state index contributed by atoms with van der Waals surface area (Å²) in [6, 6.07) is 12.5. The molecule has 1 aliphatic heterocycles. The van der Waals surface area contributed by atoms with E-state index >= 15 is 0 Å². The van der Waals surface area contributed by atoms with Crippen molar-refractivity contribution in [3.63, 3.8) is 0 Å². The summed E-state index contributed by atoms with van der Waals surface area (Å²) in [5.74, 6) is 1.00. The summed E-state index contributed by atoms with van der Waals surface area (Å²) in [6.07, 6.45) is 5.86. The van der Waals surface area contributed by atoms with Crippen LogP contribution in [0.25, 0.3) is 10.9 Å². The maximum absolute atomic E-state index is 11.7. The molecule has 3 N–H and O–H groups in total. The van der Waals surface area contributed by atoms with Crippen LogP contribution >= 0.6 is 11.8 Å². The van der Waals surface area contributed by atoms with Crippen LogP contribution in [0.1, 0.15) is 37.8 Å². The molecule has 0 spiro atoms. The van der Waals surface area contributed by atoms with E-state index in [0.717, 1.165) is 40.2 Å². The molecule has 0 unspecified atom stereocenters. The lowest BCUT2D eigenvalue weighted by Gasteiger charge is -2.16. The quantitative estimate of drug-likeness (QED) is 0.385. The zero-order chi connectivity index (χ0) is 24.6. The Balaban J connectivity index is 1.47. The molecule has 0 radical (unpaired) electrons. The molecule has 1 aliphatic carbocycles. The number of benzene rings is 2. The second kappa shape index (κ2) is 9.58. The zero-order valence-corrected chi connectivity index (χ0v) is 20.9. The van der Waals surface area contributed by atoms with Crippen molar-refractivity contribution in [3.8, 4) is 11.5 Å². The summed E-state index contributed by atoms with van der Waals surface area (Å²) >= 11 is 1.56. The molecular weight excluding hydrogens is 486 g/mol. The van der Waals surface area contributed by atoms with Crippen molar-refractivity contribution in [2.24, 2.45) is 4.99 Å². The summed E-state index contributed by atoms with van der Waals surface area (Å²) in [4.78, 5) is 19.4. The van der Waals surface area contributed by atoms with Crippen LogP contribution in [-0.2, 0) is 14.6 Å². The van der Waals surface area contributed by atoms with Gasteiger partial charge in [0.25, 0.3) is 0 Å². The van der Waals surface area contributed by atoms with Crippen LogP contribution in [-0.4, -0.2) is 53.6 Å². The van der Waals surface area contributed by atoms with Crippen molar-refractivity contribution in [3.05, 3.63) is 48.2 Å². The number of carboxylic acid groups (broad SMARTS) is 1. The standard InChI is InChI=1S/C25H27N3O5S2/c1-35(31,32)20-8-6-18(7-9-20)33-19-10-15-11-22(25-27-17(14-34-25)12-23(29)30)28-24(15)21(13-19)26-16-4-2-3-5-16/h6-11,13,16-17,26,28H,2-5,12,14H2,1H3,(H,29,30)/t17-/m1/s1. The molecule has 10 heteroatoms. The first kappa shape index (κ1) is 23.7. The number of hydrogen-bond donors (Lipinski definition) is 3. The Kier molecular flexibility index (Phi) is 6.50. The number of carboxylic acids is 1.